The van der Waals surface area contributed by atoms with Gasteiger partial charge in [0.2, 0.25) is 0 Å². The van der Waals surface area contributed by atoms with Crippen molar-refractivity contribution < 1.29 is 14.3 Å². The quantitative estimate of drug-likeness (QED) is 0.181. The van der Waals surface area contributed by atoms with Crippen molar-refractivity contribution in [3.05, 3.63) is 99.5 Å². The molecule has 0 spiro atoms. The highest BCUT2D eigenvalue weighted by Gasteiger charge is 2.18. The van der Waals surface area contributed by atoms with Crippen LogP contribution in [0.1, 0.15) is 51.6 Å². The number of hydrogen-bond acceptors (Lipinski definition) is 4. The number of esters is 1. The third kappa shape index (κ3) is 5.42. The molecule has 172 valence electrons. The highest BCUT2D eigenvalue weighted by Crippen LogP contribution is 2.28. The van der Waals surface area contributed by atoms with Crippen molar-refractivity contribution in [1.82, 2.24) is 4.98 Å². The van der Waals surface area contributed by atoms with Crippen molar-refractivity contribution in [1.29, 1.82) is 0 Å². The standard InChI is InChI=1S/C29H26BrNO3/c1-3-4-7-20-9-11-21(12-10-20)26-17-25(24-8-5-6-19(2)28(24)31-26)29(33)34-18-27(32)22-13-15-23(30)16-14-22/h5-6,8-17H,3-4,7,18H2,1-2H3. The molecule has 5 heteroatoms. The number of ether oxygens (including phenoxy) is 1. The Morgan fingerprint density at radius 1 is 0.971 bits per heavy atom. The molecule has 0 aliphatic rings. The van der Waals surface area contributed by atoms with Crippen LogP contribution in [0.4, 0.5) is 0 Å². The molecule has 3 aromatic carbocycles. The summed E-state index contributed by atoms with van der Waals surface area (Å²) in [5.74, 6) is -0.789. The molecule has 0 amide bonds. The van der Waals surface area contributed by atoms with E-state index in [0.717, 1.165) is 40.4 Å². The zero-order valence-corrected chi connectivity index (χ0v) is 20.9. The second-order valence-electron chi connectivity index (χ2n) is 8.33. The van der Waals surface area contributed by atoms with E-state index < -0.39 is 5.97 Å². The maximum absolute atomic E-state index is 13.1. The summed E-state index contributed by atoms with van der Waals surface area (Å²) in [6.45, 7) is 3.83. The van der Waals surface area contributed by atoms with E-state index in [1.54, 1.807) is 30.3 Å². The molecule has 0 saturated heterocycles. The number of aromatic nitrogens is 1. The Balaban J connectivity index is 1.63. The topological polar surface area (TPSA) is 56.3 Å². The Hall–Kier alpha value is -3.31. The van der Waals surface area contributed by atoms with E-state index in [9.17, 15) is 9.59 Å². The molecule has 0 bridgehead atoms. The number of halogens is 1. The van der Waals surface area contributed by atoms with E-state index in [4.69, 9.17) is 9.72 Å². The van der Waals surface area contributed by atoms with E-state index in [1.807, 2.05) is 37.3 Å². The lowest BCUT2D eigenvalue weighted by Gasteiger charge is -2.12. The minimum absolute atomic E-state index is 0.252. The van der Waals surface area contributed by atoms with Crippen LogP contribution >= 0.6 is 15.9 Å². The maximum atomic E-state index is 13.1. The Kier molecular flexibility index (Phi) is 7.53. The molecule has 0 radical (unpaired) electrons. The minimum atomic E-state index is -0.538. The van der Waals surface area contributed by atoms with Crippen LogP contribution in [0.15, 0.2) is 77.3 Å². The van der Waals surface area contributed by atoms with Gasteiger partial charge in [0.15, 0.2) is 12.4 Å². The van der Waals surface area contributed by atoms with Crippen LogP contribution < -0.4 is 0 Å². The Morgan fingerprint density at radius 3 is 2.41 bits per heavy atom. The predicted octanol–water partition coefficient (Wildman–Crippen LogP) is 7.36. The third-order valence-electron chi connectivity index (χ3n) is 5.83. The van der Waals surface area contributed by atoms with Gasteiger partial charge in [-0.15, -0.1) is 0 Å². The second-order valence-corrected chi connectivity index (χ2v) is 9.25. The van der Waals surface area contributed by atoms with E-state index in [-0.39, 0.29) is 12.4 Å². The lowest BCUT2D eigenvalue weighted by molar-refractivity contribution is 0.0476. The van der Waals surface area contributed by atoms with Crippen LogP contribution in [0.5, 0.6) is 0 Å². The van der Waals surface area contributed by atoms with Gasteiger partial charge in [-0.25, -0.2) is 9.78 Å². The summed E-state index contributed by atoms with van der Waals surface area (Å²) in [6.07, 6.45) is 3.36. The van der Waals surface area contributed by atoms with Crippen molar-refractivity contribution in [2.75, 3.05) is 6.61 Å². The number of carbonyl (C=O) groups is 2. The summed E-state index contributed by atoms with van der Waals surface area (Å²) in [6, 6.07) is 22.8. The molecule has 0 saturated carbocycles. The largest absolute Gasteiger partial charge is 0.454 e. The van der Waals surface area contributed by atoms with Gasteiger partial charge in [-0.1, -0.05) is 83.9 Å². The molecule has 0 aliphatic heterocycles. The van der Waals surface area contributed by atoms with E-state index in [1.165, 1.54) is 5.56 Å². The first kappa shape index (κ1) is 23.8. The zero-order valence-electron chi connectivity index (χ0n) is 19.3. The molecular weight excluding hydrogens is 490 g/mol. The number of pyridine rings is 1. The Labute approximate surface area is 208 Å². The Bertz CT molecular complexity index is 1330. The molecule has 34 heavy (non-hydrogen) atoms. The molecule has 4 aromatic rings. The van der Waals surface area contributed by atoms with E-state index in [2.05, 4.69) is 35.0 Å². The molecule has 0 atom stereocenters. The van der Waals surface area contributed by atoms with Crippen molar-refractivity contribution in [3.63, 3.8) is 0 Å². The number of unbranched alkanes of at least 4 members (excludes halogenated alkanes) is 1. The Morgan fingerprint density at radius 2 is 1.71 bits per heavy atom. The van der Waals surface area contributed by atoms with Crippen molar-refractivity contribution in [2.24, 2.45) is 0 Å². The SMILES string of the molecule is CCCCc1ccc(-c2cc(C(=O)OCC(=O)c3ccc(Br)cc3)c3cccc(C)c3n2)cc1. The fourth-order valence-corrected chi connectivity index (χ4v) is 4.12. The number of fused-ring (bicyclic) bond motifs is 1. The molecule has 1 heterocycles. The highest BCUT2D eigenvalue weighted by molar-refractivity contribution is 9.10. The van der Waals surface area contributed by atoms with Gasteiger partial charge in [-0.05, 0) is 49.1 Å². The van der Waals surface area contributed by atoms with Crippen molar-refractivity contribution >= 4 is 38.6 Å². The summed E-state index contributed by atoms with van der Waals surface area (Å²) in [7, 11) is 0. The number of para-hydroxylation sites is 1. The predicted molar refractivity (Wildman–Crippen MR) is 139 cm³/mol. The molecule has 1 aromatic heterocycles. The summed E-state index contributed by atoms with van der Waals surface area (Å²) in [5, 5.41) is 0.712. The van der Waals surface area contributed by atoms with E-state index >= 15 is 0 Å². The first-order chi connectivity index (χ1) is 16.5. The van der Waals surface area contributed by atoms with Crippen LogP contribution in [0, 0.1) is 6.92 Å². The van der Waals surface area contributed by atoms with Crippen LogP contribution in [0.25, 0.3) is 22.2 Å². The summed E-state index contributed by atoms with van der Waals surface area (Å²) < 4.78 is 6.33. The smallest absolute Gasteiger partial charge is 0.339 e. The van der Waals surface area contributed by atoms with Crippen molar-refractivity contribution in [2.45, 2.75) is 33.1 Å². The zero-order chi connectivity index (χ0) is 24.1. The fourth-order valence-electron chi connectivity index (χ4n) is 3.86. The van der Waals surface area contributed by atoms with Gasteiger partial charge in [0.1, 0.15) is 0 Å². The summed E-state index contributed by atoms with van der Waals surface area (Å²) in [4.78, 5) is 30.5. The number of ketones is 1. The van der Waals surface area contributed by atoms with Gasteiger partial charge in [0, 0.05) is 21.0 Å². The summed E-state index contributed by atoms with van der Waals surface area (Å²) >= 11 is 3.35. The average Bonchev–Trinajstić information content (AvgIpc) is 2.86. The minimum Gasteiger partial charge on any atom is -0.454 e. The number of carbonyl (C=O) groups excluding carboxylic acids is 2. The lowest BCUT2D eigenvalue weighted by Crippen LogP contribution is -2.15. The molecule has 0 N–H and O–H groups in total. The van der Waals surface area contributed by atoms with Crippen LogP contribution in [-0.2, 0) is 11.2 Å². The molecule has 0 aliphatic carbocycles. The number of aryl methyl sites for hydroxylation is 2. The van der Waals surface area contributed by atoms with Gasteiger partial charge in [-0.2, -0.15) is 0 Å². The highest BCUT2D eigenvalue weighted by atomic mass is 79.9. The molecular formula is C29H26BrNO3. The second kappa shape index (κ2) is 10.7. The number of nitrogens with zero attached hydrogens (tertiary/aromatic N) is 1. The van der Waals surface area contributed by atoms with Gasteiger partial charge in [0.25, 0.3) is 0 Å². The van der Waals surface area contributed by atoms with E-state index in [0.29, 0.717) is 22.2 Å². The fraction of sp³-hybridized carbons (Fsp3) is 0.207. The maximum Gasteiger partial charge on any atom is 0.339 e. The molecule has 4 nitrogen and oxygen atoms in total. The lowest BCUT2D eigenvalue weighted by atomic mass is 10.0. The molecule has 0 fully saturated rings. The summed E-state index contributed by atoms with van der Waals surface area (Å²) in [5.41, 5.74) is 5.55. The average molecular weight is 516 g/mol. The molecule has 0 unspecified atom stereocenters. The van der Waals surface area contributed by atoms with Gasteiger partial charge < -0.3 is 4.74 Å². The number of rotatable bonds is 8. The molecule has 4 rings (SSSR count). The van der Waals surface area contributed by atoms with Crippen molar-refractivity contribution in [3.8, 4) is 11.3 Å². The monoisotopic (exact) mass is 515 g/mol. The third-order valence-corrected chi connectivity index (χ3v) is 6.36. The van der Waals surface area contributed by atoms with Crippen LogP contribution in [-0.4, -0.2) is 23.3 Å². The number of hydrogen-bond donors (Lipinski definition) is 0. The van der Waals surface area contributed by atoms with Gasteiger partial charge >= 0.3 is 5.97 Å². The first-order valence-electron chi connectivity index (χ1n) is 11.4. The van der Waals surface area contributed by atoms with Crippen LogP contribution in [0.2, 0.25) is 0 Å². The van der Waals surface area contributed by atoms with Crippen LogP contribution in [0.3, 0.4) is 0 Å². The number of Topliss-reactive ketones (excluding diaryl/α,β-unsaturated/α-hetero) is 1. The van der Waals surface area contributed by atoms with Gasteiger partial charge in [0.05, 0.1) is 16.8 Å². The number of benzene rings is 3. The normalized spacial score (nSPS) is 10.9. The first-order valence-corrected chi connectivity index (χ1v) is 12.2. The van der Waals surface area contributed by atoms with Gasteiger partial charge in [-0.3, -0.25) is 4.79 Å².